The van der Waals surface area contributed by atoms with Crippen molar-refractivity contribution in [2.75, 3.05) is 32.7 Å². The van der Waals surface area contributed by atoms with Crippen molar-refractivity contribution in [1.29, 1.82) is 0 Å². The maximum absolute atomic E-state index is 13.5. The second kappa shape index (κ2) is 10.5. The SMILES string of the molecule is Cc1ccccc1[C@@H]1c2ccsc2CCN1CC(=O)N1CCN(C(=O)c2ccc(C(F)(F)F)cc2)[C@H](C)C1. The number of halogens is 3. The van der Waals surface area contributed by atoms with Crippen molar-refractivity contribution in [3.05, 3.63) is 92.7 Å². The maximum Gasteiger partial charge on any atom is 0.416 e. The van der Waals surface area contributed by atoms with Gasteiger partial charge in [-0.1, -0.05) is 24.3 Å². The van der Waals surface area contributed by atoms with Crippen molar-refractivity contribution in [2.24, 2.45) is 0 Å². The molecule has 0 radical (unpaired) electrons. The minimum absolute atomic E-state index is 0.0233. The number of thiophene rings is 1. The topological polar surface area (TPSA) is 43.9 Å². The van der Waals surface area contributed by atoms with E-state index in [4.69, 9.17) is 0 Å². The fourth-order valence-electron chi connectivity index (χ4n) is 5.52. The summed E-state index contributed by atoms with van der Waals surface area (Å²) in [5.41, 5.74) is 3.10. The Hall–Kier alpha value is -3.17. The van der Waals surface area contributed by atoms with E-state index in [9.17, 15) is 22.8 Å². The van der Waals surface area contributed by atoms with Crippen LogP contribution >= 0.6 is 11.3 Å². The number of carbonyl (C=O) groups excluding carboxylic acids is 2. The highest BCUT2D eigenvalue weighted by Gasteiger charge is 2.35. The van der Waals surface area contributed by atoms with Gasteiger partial charge in [0.25, 0.3) is 5.91 Å². The van der Waals surface area contributed by atoms with Gasteiger partial charge in [-0.15, -0.1) is 11.3 Å². The molecule has 0 unspecified atom stereocenters. The molecule has 1 saturated heterocycles. The molecule has 2 aliphatic heterocycles. The Bertz CT molecular complexity index is 1320. The molecule has 2 atom stereocenters. The van der Waals surface area contributed by atoms with Crippen LogP contribution in [0.2, 0.25) is 0 Å². The molecule has 0 N–H and O–H groups in total. The van der Waals surface area contributed by atoms with E-state index >= 15 is 0 Å². The van der Waals surface area contributed by atoms with E-state index in [-0.39, 0.29) is 36.0 Å². The average molecular weight is 542 g/mol. The number of nitrogens with zero attached hydrogens (tertiary/aromatic N) is 3. The molecule has 1 fully saturated rings. The van der Waals surface area contributed by atoms with Crippen molar-refractivity contribution in [3.63, 3.8) is 0 Å². The molecule has 9 heteroatoms. The normalized spacial score (nSPS) is 20.3. The van der Waals surface area contributed by atoms with Gasteiger partial charge in [-0.3, -0.25) is 14.5 Å². The highest BCUT2D eigenvalue weighted by Crippen LogP contribution is 2.39. The van der Waals surface area contributed by atoms with Crippen molar-refractivity contribution >= 4 is 23.2 Å². The van der Waals surface area contributed by atoms with Gasteiger partial charge in [0.05, 0.1) is 18.2 Å². The van der Waals surface area contributed by atoms with Gasteiger partial charge in [-0.25, -0.2) is 0 Å². The van der Waals surface area contributed by atoms with Crippen LogP contribution in [0.1, 0.15) is 50.5 Å². The van der Waals surface area contributed by atoms with E-state index in [1.165, 1.54) is 33.7 Å². The lowest BCUT2D eigenvalue weighted by atomic mass is 9.90. The van der Waals surface area contributed by atoms with E-state index in [1.54, 1.807) is 21.1 Å². The molecule has 2 aromatic carbocycles. The minimum atomic E-state index is -4.45. The number of hydrogen-bond acceptors (Lipinski definition) is 4. The number of hydrogen-bond donors (Lipinski definition) is 0. The predicted molar refractivity (Wildman–Crippen MR) is 141 cm³/mol. The lowest BCUT2D eigenvalue weighted by Gasteiger charge is -2.42. The molecule has 5 nitrogen and oxygen atoms in total. The van der Waals surface area contributed by atoms with Gasteiger partial charge in [0.15, 0.2) is 0 Å². The number of fused-ring (bicyclic) bond motifs is 1. The summed E-state index contributed by atoms with van der Waals surface area (Å²) in [5, 5.41) is 2.12. The molecular formula is C29H30F3N3O2S. The molecule has 2 aliphatic rings. The van der Waals surface area contributed by atoms with E-state index in [2.05, 4.69) is 35.4 Å². The van der Waals surface area contributed by atoms with Crippen LogP contribution in [0.25, 0.3) is 0 Å². The molecule has 0 aliphatic carbocycles. The summed E-state index contributed by atoms with van der Waals surface area (Å²) < 4.78 is 38.7. The van der Waals surface area contributed by atoms with Gasteiger partial charge in [-0.05, 0) is 72.7 Å². The first-order valence-electron chi connectivity index (χ1n) is 12.8. The van der Waals surface area contributed by atoms with Crippen LogP contribution in [-0.2, 0) is 17.4 Å². The summed E-state index contributed by atoms with van der Waals surface area (Å²) in [6, 6.07) is 14.5. The molecule has 2 amide bonds. The van der Waals surface area contributed by atoms with Crippen LogP contribution in [0.3, 0.4) is 0 Å². The average Bonchev–Trinajstić information content (AvgIpc) is 3.37. The lowest BCUT2D eigenvalue weighted by Crippen LogP contribution is -2.57. The fourth-order valence-corrected chi connectivity index (χ4v) is 6.43. The first-order chi connectivity index (χ1) is 18.1. The van der Waals surface area contributed by atoms with Crippen molar-refractivity contribution in [1.82, 2.24) is 14.7 Å². The van der Waals surface area contributed by atoms with Crippen LogP contribution in [0.4, 0.5) is 13.2 Å². The Morgan fingerprint density at radius 2 is 1.71 bits per heavy atom. The summed E-state index contributed by atoms with van der Waals surface area (Å²) >= 11 is 1.77. The number of benzene rings is 2. The Morgan fingerprint density at radius 1 is 0.974 bits per heavy atom. The van der Waals surface area contributed by atoms with Gasteiger partial charge in [0.1, 0.15) is 0 Å². The van der Waals surface area contributed by atoms with Crippen molar-refractivity contribution in [3.8, 4) is 0 Å². The summed E-state index contributed by atoms with van der Waals surface area (Å²) in [7, 11) is 0. The summed E-state index contributed by atoms with van der Waals surface area (Å²) in [6.45, 7) is 6.16. The van der Waals surface area contributed by atoms with Crippen LogP contribution in [0.5, 0.6) is 0 Å². The standard InChI is InChI=1S/C29H30F3N3O2S/c1-19-5-3-4-6-23(19)27-24-12-16-38-25(24)11-13-34(27)18-26(36)33-14-15-35(20(2)17-33)28(37)21-7-9-22(10-8-21)29(30,31)32/h3-10,12,16,20,27H,11,13-15,17-18H2,1-2H3/t20-,27-/m1/s1. The quantitative estimate of drug-likeness (QED) is 0.445. The smallest absolute Gasteiger partial charge is 0.338 e. The zero-order valence-corrected chi connectivity index (χ0v) is 22.2. The van der Waals surface area contributed by atoms with Gasteiger partial charge in [-0.2, -0.15) is 13.2 Å². The fraction of sp³-hybridized carbons (Fsp3) is 0.379. The number of piperazine rings is 1. The minimum Gasteiger partial charge on any atom is -0.338 e. The number of aryl methyl sites for hydroxylation is 1. The largest absolute Gasteiger partial charge is 0.416 e. The Kier molecular flexibility index (Phi) is 7.33. The third-order valence-corrected chi connectivity index (χ3v) is 8.58. The molecule has 200 valence electrons. The third-order valence-electron chi connectivity index (χ3n) is 7.59. The van der Waals surface area contributed by atoms with Gasteiger partial charge in [0, 0.05) is 42.7 Å². The molecule has 5 rings (SSSR count). The van der Waals surface area contributed by atoms with E-state index < -0.39 is 11.7 Å². The van der Waals surface area contributed by atoms with E-state index in [0.29, 0.717) is 19.6 Å². The molecule has 0 saturated carbocycles. The second-order valence-electron chi connectivity index (χ2n) is 10.0. The molecule has 38 heavy (non-hydrogen) atoms. The molecule has 0 bridgehead atoms. The predicted octanol–water partition coefficient (Wildman–Crippen LogP) is 5.40. The van der Waals surface area contributed by atoms with Crippen molar-refractivity contribution in [2.45, 2.75) is 38.5 Å². The molecule has 0 spiro atoms. The van der Waals surface area contributed by atoms with E-state index in [0.717, 1.165) is 25.1 Å². The second-order valence-corrected chi connectivity index (χ2v) is 11.0. The third kappa shape index (κ3) is 5.22. The monoisotopic (exact) mass is 541 g/mol. The van der Waals surface area contributed by atoms with Crippen LogP contribution in [0.15, 0.2) is 60.0 Å². The van der Waals surface area contributed by atoms with Gasteiger partial charge in [0.2, 0.25) is 5.91 Å². The Balaban J connectivity index is 1.26. The lowest BCUT2D eigenvalue weighted by molar-refractivity contribution is -0.137. The number of amides is 2. The summed E-state index contributed by atoms with van der Waals surface area (Å²) in [6.07, 6.45) is -3.53. The van der Waals surface area contributed by atoms with Crippen LogP contribution < -0.4 is 0 Å². The zero-order chi connectivity index (χ0) is 27.0. The van der Waals surface area contributed by atoms with E-state index in [1.807, 2.05) is 19.1 Å². The number of alkyl halides is 3. The first-order valence-corrected chi connectivity index (χ1v) is 13.6. The van der Waals surface area contributed by atoms with Gasteiger partial charge >= 0.3 is 6.18 Å². The Morgan fingerprint density at radius 3 is 2.39 bits per heavy atom. The maximum atomic E-state index is 13.5. The molecular weight excluding hydrogens is 511 g/mol. The highest BCUT2D eigenvalue weighted by atomic mass is 32.1. The summed E-state index contributed by atoms with van der Waals surface area (Å²) in [4.78, 5) is 33.6. The number of rotatable bonds is 4. The van der Waals surface area contributed by atoms with Gasteiger partial charge < -0.3 is 9.80 Å². The van der Waals surface area contributed by atoms with Crippen molar-refractivity contribution < 1.29 is 22.8 Å². The summed E-state index contributed by atoms with van der Waals surface area (Å²) in [5.74, 6) is -0.297. The highest BCUT2D eigenvalue weighted by molar-refractivity contribution is 7.10. The zero-order valence-electron chi connectivity index (χ0n) is 21.4. The number of carbonyl (C=O) groups is 2. The molecule has 3 heterocycles. The molecule has 1 aromatic heterocycles. The Labute approximate surface area is 224 Å². The van der Waals surface area contributed by atoms with Crippen LogP contribution in [0, 0.1) is 6.92 Å². The first kappa shape index (κ1) is 26.4. The molecule has 3 aromatic rings. The van der Waals surface area contributed by atoms with Crippen LogP contribution in [-0.4, -0.2) is 65.3 Å².